The Kier molecular flexibility index (Phi) is 10.3. The van der Waals surface area contributed by atoms with Gasteiger partial charge in [-0.15, -0.1) is 0 Å². The monoisotopic (exact) mass is 282 g/mol. The summed E-state index contributed by atoms with van der Waals surface area (Å²) >= 11 is 0. The minimum atomic E-state index is -3.95. The molecule has 0 aliphatic carbocycles. The maximum absolute atomic E-state index is 11.1. The summed E-state index contributed by atoms with van der Waals surface area (Å²) in [7, 11) is 0. The van der Waals surface area contributed by atoms with Gasteiger partial charge in [-0.05, 0) is 51.2 Å². The first kappa shape index (κ1) is 18.7. The first-order valence-electron chi connectivity index (χ1n) is 7.41. The van der Waals surface area contributed by atoms with Gasteiger partial charge >= 0.3 is 6.18 Å². The smallest absolute Gasteiger partial charge is 0.317 e. The molecule has 1 saturated heterocycles. The van der Waals surface area contributed by atoms with Gasteiger partial charge in [0.25, 0.3) is 0 Å². The van der Waals surface area contributed by atoms with Gasteiger partial charge in [0.15, 0.2) is 0 Å². The zero-order valence-corrected chi connectivity index (χ0v) is 12.4. The topological polar surface area (TPSA) is 24.1 Å². The van der Waals surface area contributed by atoms with Crippen molar-refractivity contribution >= 4 is 0 Å². The van der Waals surface area contributed by atoms with Crippen molar-refractivity contribution in [2.24, 2.45) is 5.92 Å². The van der Waals surface area contributed by atoms with Crippen LogP contribution in [0.25, 0.3) is 0 Å². The fourth-order valence-electron chi connectivity index (χ4n) is 2.13. The van der Waals surface area contributed by atoms with E-state index in [1.54, 1.807) is 0 Å². The molecule has 0 spiro atoms. The van der Waals surface area contributed by atoms with Crippen molar-refractivity contribution in [1.82, 2.24) is 10.6 Å². The average molecular weight is 282 g/mol. The summed E-state index contributed by atoms with van der Waals surface area (Å²) in [5, 5.41) is 6.99. The van der Waals surface area contributed by atoms with Crippen LogP contribution in [0.3, 0.4) is 0 Å². The molecule has 2 N–H and O–H groups in total. The summed E-state index contributed by atoms with van der Waals surface area (Å²) in [6.07, 6.45) is -0.529. The number of nitrogens with one attached hydrogen (secondary N) is 2. The molecule has 1 fully saturated rings. The molecule has 5 heteroatoms. The Labute approximate surface area is 115 Å². The third kappa shape index (κ3) is 11.3. The Morgan fingerprint density at radius 3 is 2.21 bits per heavy atom. The average Bonchev–Trinajstić information content (AvgIpc) is 2.70. The van der Waals surface area contributed by atoms with Crippen LogP contribution in [-0.4, -0.2) is 31.9 Å². The van der Waals surface area contributed by atoms with Crippen LogP contribution in [0.5, 0.6) is 0 Å². The molecule has 1 aliphatic rings. The summed E-state index contributed by atoms with van der Waals surface area (Å²) in [6.45, 7) is 9.64. The zero-order valence-electron chi connectivity index (χ0n) is 12.4. The lowest BCUT2D eigenvalue weighted by Crippen LogP contribution is -2.30. The molecular weight excluding hydrogens is 253 g/mol. The van der Waals surface area contributed by atoms with E-state index in [9.17, 15) is 13.2 Å². The summed E-state index contributed by atoms with van der Waals surface area (Å²) in [5.41, 5.74) is 0. The number of hydrogen-bond acceptors (Lipinski definition) is 2. The molecule has 0 saturated carbocycles. The van der Waals surface area contributed by atoms with E-state index >= 15 is 0 Å². The normalized spacial score (nSPS) is 23.1. The minimum absolute atomic E-state index is 0.184. The van der Waals surface area contributed by atoms with E-state index in [0.29, 0.717) is 0 Å². The molecule has 2 unspecified atom stereocenters. The molecule has 1 rings (SSSR count). The van der Waals surface area contributed by atoms with Crippen LogP contribution in [0.15, 0.2) is 0 Å². The first-order chi connectivity index (χ1) is 8.90. The SMILES string of the molecule is CCCC(F)(F)F.CCCNCCC1NCCC1C. The molecule has 0 radical (unpaired) electrons. The molecule has 0 aromatic heterocycles. The summed E-state index contributed by atoms with van der Waals surface area (Å²) < 4.78 is 33.2. The second-order valence-corrected chi connectivity index (χ2v) is 5.23. The van der Waals surface area contributed by atoms with Crippen LogP contribution in [0.2, 0.25) is 0 Å². The molecule has 0 aromatic carbocycles. The van der Waals surface area contributed by atoms with Gasteiger partial charge in [0.2, 0.25) is 0 Å². The van der Waals surface area contributed by atoms with E-state index in [4.69, 9.17) is 0 Å². The summed E-state index contributed by atoms with van der Waals surface area (Å²) in [4.78, 5) is 0. The van der Waals surface area contributed by atoms with E-state index in [1.807, 2.05) is 0 Å². The van der Waals surface area contributed by atoms with E-state index in [2.05, 4.69) is 24.5 Å². The van der Waals surface area contributed by atoms with Crippen LogP contribution < -0.4 is 10.6 Å². The standard InChI is InChI=1S/C10H22N2.C4H7F3/c1-3-6-11-7-5-10-9(2)4-8-12-10;1-2-3-4(5,6)7/h9-12H,3-8H2,1-2H3;2-3H2,1H3. The first-order valence-corrected chi connectivity index (χ1v) is 7.41. The Balaban J connectivity index is 0.000000399. The van der Waals surface area contributed by atoms with Gasteiger partial charge in [-0.3, -0.25) is 0 Å². The molecule has 116 valence electrons. The highest BCUT2D eigenvalue weighted by molar-refractivity contribution is 4.80. The highest BCUT2D eigenvalue weighted by atomic mass is 19.4. The van der Waals surface area contributed by atoms with Gasteiger partial charge in [0.05, 0.1) is 0 Å². The van der Waals surface area contributed by atoms with Gasteiger partial charge in [-0.25, -0.2) is 0 Å². The second-order valence-electron chi connectivity index (χ2n) is 5.23. The largest absolute Gasteiger partial charge is 0.389 e. The molecule has 2 atom stereocenters. The van der Waals surface area contributed by atoms with Crippen LogP contribution in [-0.2, 0) is 0 Å². The van der Waals surface area contributed by atoms with Gasteiger partial charge in [-0.1, -0.05) is 20.8 Å². The maximum Gasteiger partial charge on any atom is 0.389 e. The van der Waals surface area contributed by atoms with Crippen molar-refractivity contribution < 1.29 is 13.2 Å². The van der Waals surface area contributed by atoms with Crippen LogP contribution in [0.1, 0.15) is 52.9 Å². The fourth-order valence-corrected chi connectivity index (χ4v) is 2.13. The lowest BCUT2D eigenvalue weighted by atomic mass is 10.0. The minimum Gasteiger partial charge on any atom is -0.317 e. The zero-order chi connectivity index (χ0) is 14.7. The summed E-state index contributed by atoms with van der Waals surface area (Å²) in [6, 6.07) is 0.773. The lowest BCUT2D eigenvalue weighted by molar-refractivity contribution is -0.134. The number of hydrogen-bond donors (Lipinski definition) is 2. The quantitative estimate of drug-likeness (QED) is 0.726. The maximum atomic E-state index is 11.1. The van der Waals surface area contributed by atoms with E-state index in [1.165, 1.54) is 45.8 Å². The van der Waals surface area contributed by atoms with E-state index in [0.717, 1.165) is 12.0 Å². The Hall–Kier alpha value is -0.290. The predicted octanol–water partition coefficient (Wildman–Crippen LogP) is 3.72. The van der Waals surface area contributed by atoms with Crippen molar-refractivity contribution in [2.45, 2.75) is 65.1 Å². The van der Waals surface area contributed by atoms with Crippen LogP contribution in [0.4, 0.5) is 13.2 Å². The second kappa shape index (κ2) is 10.5. The Morgan fingerprint density at radius 1 is 1.16 bits per heavy atom. The van der Waals surface area contributed by atoms with E-state index in [-0.39, 0.29) is 6.42 Å². The van der Waals surface area contributed by atoms with Crippen molar-refractivity contribution in [3.8, 4) is 0 Å². The number of alkyl halides is 3. The number of rotatable bonds is 6. The van der Waals surface area contributed by atoms with Gasteiger partial charge < -0.3 is 10.6 Å². The Bertz CT molecular complexity index is 207. The molecular formula is C14H29F3N2. The molecule has 19 heavy (non-hydrogen) atoms. The van der Waals surface area contributed by atoms with Crippen LogP contribution in [0, 0.1) is 5.92 Å². The van der Waals surface area contributed by atoms with Crippen LogP contribution >= 0.6 is 0 Å². The van der Waals surface area contributed by atoms with Gasteiger partial charge in [0.1, 0.15) is 0 Å². The predicted molar refractivity (Wildman–Crippen MR) is 74.3 cm³/mol. The fraction of sp³-hybridized carbons (Fsp3) is 1.00. The third-order valence-corrected chi connectivity index (χ3v) is 3.29. The molecule has 1 heterocycles. The summed E-state index contributed by atoms with van der Waals surface area (Å²) in [5.74, 6) is 0.883. The van der Waals surface area contributed by atoms with Gasteiger partial charge in [0, 0.05) is 12.5 Å². The van der Waals surface area contributed by atoms with Crippen molar-refractivity contribution in [1.29, 1.82) is 0 Å². The Morgan fingerprint density at radius 2 is 1.84 bits per heavy atom. The molecule has 2 nitrogen and oxygen atoms in total. The number of halogens is 3. The van der Waals surface area contributed by atoms with Gasteiger partial charge in [-0.2, -0.15) is 13.2 Å². The van der Waals surface area contributed by atoms with Crippen molar-refractivity contribution in [3.63, 3.8) is 0 Å². The molecule has 1 aliphatic heterocycles. The van der Waals surface area contributed by atoms with Crippen molar-refractivity contribution in [2.75, 3.05) is 19.6 Å². The van der Waals surface area contributed by atoms with E-state index < -0.39 is 12.6 Å². The highest BCUT2D eigenvalue weighted by Gasteiger charge is 2.24. The molecule has 0 aromatic rings. The lowest BCUT2D eigenvalue weighted by Gasteiger charge is -2.15. The molecule has 0 bridgehead atoms. The van der Waals surface area contributed by atoms with Crippen molar-refractivity contribution in [3.05, 3.63) is 0 Å². The highest BCUT2D eigenvalue weighted by Crippen LogP contribution is 2.20. The molecule has 0 amide bonds. The third-order valence-electron chi connectivity index (χ3n) is 3.29.